The molecule has 0 aliphatic carbocycles. The largest absolute Gasteiger partial charge is 0.379 e. The molecular weight excluding hydrogens is 238 g/mol. The highest BCUT2D eigenvalue weighted by molar-refractivity contribution is 5.96. The van der Waals surface area contributed by atoms with Crippen LogP contribution in [0.4, 0.5) is 5.69 Å². The van der Waals surface area contributed by atoms with Crippen molar-refractivity contribution in [1.82, 2.24) is 9.97 Å². The second kappa shape index (κ2) is 6.18. The molecule has 0 unspecified atom stereocenters. The van der Waals surface area contributed by atoms with Crippen molar-refractivity contribution in [2.45, 2.75) is 33.2 Å². The van der Waals surface area contributed by atoms with Crippen LogP contribution in [0.5, 0.6) is 0 Å². The van der Waals surface area contributed by atoms with E-state index in [-0.39, 0.29) is 5.78 Å². The first kappa shape index (κ1) is 13.3. The van der Waals surface area contributed by atoms with Crippen LogP contribution in [-0.2, 0) is 6.54 Å². The van der Waals surface area contributed by atoms with Gasteiger partial charge in [0.25, 0.3) is 0 Å². The summed E-state index contributed by atoms with van der Waals surface area (Å²) >= 11 is 0. The predicted molar refractivity (Wildman–Crippen MR) is 76.3 cm³/mol. The van der Waals surface area contributed by atoms with Crippen molar-refractivity contribution in [1.29, 1.82) is 0 Å². The number of aromatic amines is 1. The van der Waals surface area contributed by atoms with Crippen LogP contribution in [0.15, 0.2) is 30.5 Å². The first-order valence-electron chi connectivity index (χ1n) is 6.56. The number of aryl methyl sites for hydroxylation is 1. The second-order valence-corrected chi connectivity index (χ2v) is 4.60. The van der Waals surface area contributed by atoms with Gasteiger partial charge in [0.05, 0.1) is 18.4 Å². The topological polar surface area (TPSA) is 57.8 Å². The molecule has 1 aromatic heterocycles. The van der Waals surface area contributed by atoms with E-state index in [1.807, 2.05) is 44.3 Å². The van der Waals surface area contributed by atoms with Crippen LogP contribution in [0, 0.1) is 6.92 Å². The third kappa shape index (κ3) is 3.68. The number of hydrogen-bond acceptors (Lipinski definition) is 3. The van der Waals surface area contributed by atoms with E-state index in [0.29, 0.717) is 13.0 Å². The maximum absolute atomic E-state index is 11.7. The molecule has 0 saturated heterocycles. The number of Topliss-reactive ketones (excluding diaryl/α,β-unsaturated/α-hetero) is 1. The number of anilines is 1. The van der Waals surface area contributed by atoms with Crippen LogP contribution in [0.3, 0.4) is 0 Å². The lowest BCUT2D eigenvalue weighted by Gasteiger charge is -2.06. The zero-order valence-corrected chi connectivity index (χ0v) is 11.4. The van der Waals surface area contributed by atoms with E-state index in [4.69, 9.17) is 0 Å². The summed E-state index contributed by atoms with van der Waals surface area (Å²) in [5.74, 6) is 1.12. The maximum Gasteiger partial charge on any atom is 0.162 e. The van der Waals surface area contributed by atoms with E-state index in [9.17, 15) is 4.79 Å². The Morgan fingerprint density at radius 2 is 2.05 bits per heavy atom. The van der Waals surface area contributed by atoms with Crippen molar-refractivity contribution in [2.24, 2.45) is 0 Å². The van der Waals surface area contributed by atoms with Crippen LogP contribution in [0.25, 0.3) is 0 Å². The molecule has 4 heteroatoms. The predicted octanol–water partition coefficient (Wildman–Crippen LogP) is 3.31. The molecule has 0 spiro atoms. The summed E-state index contributed by atoms with van der Waals surface area (Å²) in [5, 5.41) is 3.29. The Morgan fingerprint density at radius 3 is 2.63 bits per heavy atom. The van der Waals surface area contributed by atoms with Crippen LogP contribution < -0.4 is 5.32 Å². The second-order valence-electron chi connectivity index (χ2n) is 4.60. The van der Waals surface area contributed by atoms with Crippen molar-refractivity contribution in [3.05, 3.63) is 47.5 Å². The molecule has 0 amide bonds. The number of carbonyl (C=O) groups excluding carboxylic acids is 1. The summed E-state index contributed by atoms with van der Waals surface area (Å²) in [6, 6.07) is 7.62. The first-order chi connectivity index (χ1) is 9.19. The van der Waals surface area contributed by atoms with Gasteiger partial charge < -0.3 is 10.3 Å². The quantitative estimate of drug-likeness (QED) is 0.780. The average Bonchev–Trinajstić information content (AvgIpc) is 2.83. The molecule has 2 N–H and O–H groups in total. The zero-order chi connectivity index (χ0) is 13.7. The number of nitrogens with zero attached hydrogens (tertiary/aromatic N) is 1. The van der Waals surface area contributed by atoms with Gasteiger partial charge in [-0.2, -0.15) is 0 Å². The fourth-order valence-electron chi connectivity index (χ4n) is 1.90. The molecule has 1 heterocycles. The van der Waals surface area contributed by atoms with Gasteiger partial charge in [0.15, 0.2) is 5.78 Å². The van der Waals surface area contributed by atoms with Crippen molar-refractivity contribution in [2.75, 3.05) is 5.32 Å². The summed E-state index contributed by atoms with van der Waals surface area (Å²) < 4.78 is 0. The van der Waals surface area contributed by atoms with E-state index < -0.39 is 0 Å². The molecule has 1 aromatic carbocycles. The molecule has 0 aliphatic rings. The van der Waals surface area contributed by atoms with Crippen LogP contribution >= 0.6 is 0 Å². The van der Waals surface area contributed by atoms with Gasteiger partial charge in [0.1, 0.15) is 5.82 Å². The van der Waals surface area contributed by atoms with Gasteiger partial charge in [-0.25, -0.2) is 4.98 Å². The minimum Gasteiger partial charge on any atom is -0.379 e. The van der Waals surface area contributed by atoms with Crippen LogP contribution in [0.2, 0.25) is 0 Å². The van der Waals surface area contributed by atoms with Gasteiger partial charge in [0, 0.05) is 17.7 Å². The molecule has 2 aromatic rings. The molecule has 4 nitrogen and oxygen atoms in total. The number of imidazole rings is 1. The Kier molecular flexibility index (Phi) is 4.34. The monoisotopic (exact) mass is 257 g/mol. The highest BCUT2D eigenvalue weighted by Gasteiger charge is 2.04. The number of carbonyl (C=O) groups is 1. The fourth-order valence-corrected chi connectivity index (χ4v) is 1.90. The summed E-state index contributed by atoms with van der Waals surface area (Å²) in [4.78, 5) is 19.0. The molecule has 0 atom stereocenters. The maximum atomic E-state index is 11.7. The molecular formula is C15H19N3O. The standard InChI is InChI=1S/C15H19N3O/c1-3-4-15(19)12-5-7-13(8-6-12)17-10-14-9-16-11(2)18-14/h5-9,17H,3-4,10H2,1-2H3,(H,16,18). The van der Waals surface area contributed by atoms with E-state index in [1.54, 1.807) is 0 Å². The van der Waals surface area contributed by atoms with Gasteiger partial charge in [-0.05, 0) is 37.6 Å². The van der Waals surface area contributed by atoms with Gasteiger partial charge in [-0.15, -0.1) is 0 Å². The summed E-state index contributed by atoms with van der Waals surface area (Å²) in [6.07, 6.45) is 3.32. The lowest BCUT2D eigenvalue weighted by Crippen LogP contribution is -2.01. The zero-order valence-electron chi connectivity index (χ0n) is 11.4. The van der Waals surface area contributed by atoms with Gasteiger partial charge in [0.2, 0.25) is 0 Å². The number of benzene rings is 1. The molecule has 100 valence electrons. The Bertz CT molecular complexity index is 543. The van der Waals surface area contributed by atoms with E-state index >= 15 is 0 Å². The van der Waals surface area contributed by atoms with Gasteiger partial charge in [-0.1, -0.05) is 6.92 Å². The first-order valence-corrected chi connectivity index (χ1v) is 6.56. The minimum absolute atomic E-state index is 0.207. The number of H-pyrrole nitrogens is 1. The van der Waals surface area contributed by atoms with E-state index in [2.05, 4.69) is 15.3 Å². The minimum atomic E-state index is 0.207. The SMILES string of the molecule is CCCC(=O)c1ccc(NCc2cnc(C)[nH]2)cc1. The number of rotatable bonds is 6. The van der Waals surface area contributed by atoms with Crippen LogP contribution in [0.1, 0.15) is 41.6 Å². The molecule has 0 radical (unpaired) electrons. The van der Waals surface area contributed by atoms with Crippen molar-refractivity contribution in [3.63, 3.8) is 0 Å². The highest BCUT2D eigenvalue weighted by Crippen LogP contribution is 2.12. The van der Waals surface area contributed by atoms with Crippen molar-refractivity contribution in [3.8, 4) is 0 Å². The fraction of sp³-hybridized carbons (Fsp3) is 0.333. The van der Waals surface area contributed by atoms with Gasteiger partial charge in [-0.3, -0.25) is 4.79 Å². The van der Waals surface area contributed by atoms with E-state index in [1.165, 1.54) is 0 Å². The normalized spacial score (nSPS) is 10.4. The molecule has 0 bridgehead atoms. The van der Waals surface area contributed by atoms with E-state index in [0.717, 1.165) is 29.2 Å². The summed E-state index contributed by atoms with van der Waals surface area (Å²) in [6.45, 7) is 4.64. The summed E-state index contributed by atoms with van der Waals surface area (Å²) in [7, 11) is 0. The van der Waals surface area contributed by atoms with Crippen molar-refractivity contribution < 1.29 is 4.79 Å². The molecule has 19 heavy (non-hydrogen) atoms. The number of ketones is 1. The molecule has 0 fully saturated rings. The average molecular weight is 257 g/mol. The number of hydrogen-bond donors (Lipinski definition) is 2. The Labute approximate surface area is 113 Å². The highest BCUT2D eigenvalue weighted by atomic mass is 16.1. The number of nitrogens with one attached hydrogen (secondary N) is 2. The smallest absolute Gasteiger partial charge is 0.162 e. The third-order valence-corrected chi connectivity index (χ3v) is 2.92. The summed E-state index contributed by atoms with van der Waals surface area (Å²) in [5.41, 5.74) is 2.83. The van der Waals surface area contributed by atoms with Crippen LogP contribution in [-0.4, -0.2) is 15.8 Å². The molecule has 2 rings (SSSR count). The Morgan fingerprint density at radius 1 is 1.32 bits per heavy atom. The lowest BCUT2D eigenvalue weighted by molar-refractivity contribution is 0.0982. The molecule has 0 aliphatic heterocycles. The van der Waals surface area contributed by atoms with Crippen molar-refractivity contribution >= 4 is 11.5 Å². The third-order valence-electron chi connectivity index (χ3n) is 2.92. The number of aromatic nitrogens is 2. The lowest BCUT2D eigenvalue weighted by atomic mass is 10.1. The molecule has 0 saturated carbocycles. The van der Waals surface area contributed by atoms with Gasteiger partial charge >= 0.3 is 0 Å². The Balaban J connectivity index is 1.93. The Hall–Kier alpha value is -2.10.